The van der Waals surface area contributed by atoms with E-state index in [0.717, 1.165) is 5.56 Å². The van der Waals surface area contributed by atoms with Gasteiger partial charge in [-0.25, -0.2) is 0 Å². The van der Waals surface area contributed by atoms with E-state index in [-0.39, 0.29) is 11.4 Å². The minimum Gasteiger partial charge on any atom is -0.317 e. The van der Waals surface area contributed by atoms with E-state index in [1.54, 1.807) is 18.2 Å². The van der Waals surface area contributed by atoms with Crippen LogP contribution in [0.3, 0.4) is 0 Å². The van der Waals surface area contributed by atoms with Gasteiger partial charge < -0.3 is 5.32 Å². The van der Waals surface area contributed by atoms with Gasteiger partial charge in [0.05, 0.1) is 4.92 Å². The summed E-state index contributed by atoms with van der Waals surface area (Å²) in [5.74, 6) is 0.0437. The maximum atomic E-state index is 11.9. The quantitative estimate of drug-likeness (QED) is 0.506. The monoisotopic (exact) mass is 310 g/mol. The molecule has 0 unspecified atom stereocenters. The number of nitro groups is 1. The van der Waals surface area contributed by atoms with Gasteiger partial charge in [-0.05, 0) is 29.2 Å². The van der Waals surface area contributed by atoms with Gasteiger partial charge in [0.15, 0.2) is 0 Å². The summed E-state index contributed by atoms with van der Waals surface area (Å²) in [6.07, 6.45) is 3.04. The molecule has 1 amide bonds. The molecule has 2 aromatic rings. The Labute approximate surface area is 134 Å². The van der Waals surface area contributed by atoms with Gasteiger partial charge in [0, 0.05) is 12.1 Å². The van der Waals surface area contributed by atoms with Crippen molar-refractivity contribution in [3.8, 4) is 0 Å². The first-order chi connectivity index (χ1) is 11.0. The first-order valence-corrected chi connectivity index (χ1v) is 7.30. The molecule has 5 nitrogen and oxygen atoms in total. The highest BCUT2D eigenvalue weighted by atomic mass is 16.6. The highest BCUT2D eigenvalue weighted by Gasteiger charge is 2.13. The minimum absolute atomic E-state index is 0.129. The van der Waals surface area contributed by atoms with Crippen LogP contribution in [0, 0.1) is 10.1 Å². The van der Waals surface area contributed by atoms with Crippen molar-refractivity contribution >= 4 is 23.4 Å². The average molecular weight is 310 g/mol. The third kappa shape index (κ3) is 4.51. The maximum Gasteiger partial charge on any atom is 0.292 e. The van der Waals surface area contributed by atoms with Gasteiger partial charge in [-0.3, -0.25) is 14.9 Å². The van der Waals surface area contributed by atoms with Crippen LogP contribution >= 0.6 is 0 Å². The van der Waals surface area contributed by atoms with E-state index in [0.29, 0.717) is 5.92 Å². The van der Waals surface area contributed by atoms with Gasteiger partial charge in [0.25, 0.3) is 5.69 Å². The summed E-state index contributed by atoms with van der Waals surface area (Å²) < 4.78 is 0. The Kier molecular flexibility index (Phi) is 5.25. The van der Waals surface area contributed by atoms with Crippen LogP contribution in [0.4, 0.5) is 11.4 Å². The predicted molar refractivity (Wildman–Crippen MR) is 91.3 cm³/mol. The first-order valence-electron chi connectivity index (χ1n) is 7.30. The molecule has 0 heterocycles. The lowest BCUT2D eigenvalue weighted by atomic mass is 10.0. The molecule has 0 atom stereocenters. The molecule has 5 heteroatoms. The van der Waals surface area contributed by atoms with Crippen molar-refractivity contribution < 1.29 is 9.72 Å². The number of nitro benzene ring substituents is 1. The number of nitrogens with one attached hydrogen (secondary N) is 1. The Morgan fingerprint density at radius 2 is 1.78 bits per heavy atom. The lowest BCUT2D eigenvalue weighted by Gasteiger charge is -2.05. The molecule has 0 aliphatic heterocycles. The number of rotatable bonds is 5. The van der Waals surface area contributed by atoms with Crippen molar-refractivity contribution in [1.29, 1.82) is 0 Å². The van der Waals surface area contributed by atoms with E-state index in [1.165, 1.54) is 23.8 Å². The first kappa shape index (κ1) is 16.4. The van der Waals surface area contributed by atoms with E-state index in [1.807, 2.05) is 24.3 Å². The third-order valence-corrected chi connectivity index (χ3v) is 3.39. The van der Waals surface area contributed by atoms with Crippen molar-refractivity contribution in [2.75, 3.05) is 5.32 Å². The molecule has 0 radical (unpaired) electrons. The molecule has 2 aromatic carbocycles. The van der Waals surface area contributed by atoms with Crippen molar-refractivity contribution in [3.63, 3.8) is 0 Å². The maximum absolute atomic E-state index is 11.9. The molecule has 23 heavy (non-hydrogen) atoms. The van der Waals surface area contributed by atoms with E-state index in [9.17, 15) is 14.9 Å². The van der Waals surface area contributed by atoms with Crippen LogP contribution in [-0.2, 0) is 4.79 Å². The summed E-state index contributed by atoms with van der Waals surface area (Å²) in [6, 6.07) is 13.9. The smallest absolute Gasteiger partial charge is 0.292 e. The van der Waals surface area contributed by atoms with E-state index >= 15 is 0 Å². The SMILES string of the molecule is CC(C)c1ccc(C=CC(=O)Nc2ccccc2[N+](=O)[O-])cc1. The molecule has 2 rings (SSSR count). The number of hydrogen-bond donors (Lipinski definition) is 1. The van der Waals surface area contributed by atoms with Crippen molar-refractivity contribution in [3.05, 3.63) is 75.8 Å². The fourth-order valence-corrected chi connectivity index (χ4v) is 2.08. The van der Waals surface area contributed by atoms with E-state index in [2.05, 4.69) is 19.2 Å². The summed E-state index contributed by atoms with van der Waals surface area (Å²) in [5, 5.41) is 13.4. The molecule has 1 N–H and O–H groups in total. The molecule has 0 saturated heterocycles. The second kappa shape index (κ2) is 7.35. The molecule has 0 spiro atoms. The zero-order valence-corrected chi connectivity index (χ0v) is 13.0. The van der Waals surface area contributed by atoms with Crippen molar-refractivity contribution in [1.82, 2.24) is 0 Å². The van der Waals surface area contributed by atoms with Crippen LogP contribution < -0.4 is 5.32 Å². The number of anilines is 1. The number of carbonyl (C=O) groups is 1. The summed E-state index contributed by atoms with van der Waals surface area (Å²) in [4.78, 5) is 22.3. The predicted octanol–water partition coefficient (Wildman–Crippen LogP) is 4.37. The second-order valence-corrected chi connectivity index (χ2v) is 5.42. The minimum atomic E-state index is -0.524. The third-order valence-electron chi connectivity index (χ3n) is 3.39. The molecule has 0 aliphatic rings. The van der Waals surface area contributed by atoms with Gasteiger partial charge in [0.2, 0.25) is 5.91 Å². The Morgan fingerprint density at radius 3 is 2.39 bits per heavy atom. The molecular formula is C18H18N2O3. The Balaban J connectivity index is 2.06. The number of hydrogen-bond acceptors (Lipinski definition) is 3. The second-order valence-electron chi connectivity index (χ2n) is 5.42. The van der Waals surface area contributed by atoms with Gasteiger partial charge >= 0.3 is 0 Å². The topological polar surface area (TPSA) is 72.2 Å². The standard InChI is InChI=1S/C18H18N2O3/c1-13(2)15-10-7-14(8-11-15)9-12-18(21)19-16-5-3-4-6-17(16)20(22)23/h3-13H,1-2H3,(H,19,21). The molecule has 0 aromatic heterocycles. The fraction of sp³-hybridized carbons (Fsp3) is 0.167. The Hall–Kier alpha value is -2.95. The zero-order valence-electron chi connectivity index (χ0n) is 13.0. The number of carbonyl (C=O) groups excluding carboxylic acids is 1. The lowest BCUT2D eigenvalue weighted by molar-refractivity contribution is -0.383. The van der Waals surface area contributed by atoms with E-state index in [4.69, 9.17) is 0 Å². The number of amides is 1. The molecule has 0 aliphatic carbocycles. The van der Waals surface area contributed by atoms with Crippen molar-refractivity contribution in [2.24, 2.45) is 0 Å². The van der Waals surface area contributed by atoms with Crippen LogP contribution in [0.15, 0.2) is 54.6 Å². The van der Waals surface area contributed by atoms with Crippen LogP contribution in [0.2, 0.25) is 0 Å². The van der Waals surface area contributed by atoms with Crippen LogP contribution in [0.5, 0.6) is 0 Å². The number of benzene rings is 2. The number of para-hydroxylation sites is 2. The summed E-state index contributed by atoms with van der Waals surface area (Å²) >= 11 is 0. The van der Waals surface area contributed by atoms with Gasteiger partial charge in [0.1, 0.15) is 5.69 Å². The summed E-state index contributed by atoms with van der Waals surface area (Å²) in [7, 11) is 0. The lowest BCUT2D eigenvalue weighted by Crippen LogP contribution is -2.09. The van der Waals surface area contributed by atoms with Crippen LogP contribution in [0.25, 0.3) is 6.08 Å². The zero-order chi connectivity index (χ0) is 16.8. The van der Waals surface area contributed by atoms with Crippen molar-refractivity contribution in [2.45, 2.75) is 19.8 Å². The normalized spacial score (nSPS) is 10.9. The molecule has 0 bridgehead atoms. The Morgan fingerprint density at radius 1 is 1.13 bits per heavy atom. The largest absolute Gasteiger partial charge is 0.317 e. The van der Waals surface area contributed by atoms with Crippen LogP contribution in [-0.4, -0.2) is 10.8 Å². The van der Waals surface area contributed by atoms with E-state index < -0.39 is 10.8 Å². The highest BCUT2D eigenvalue weighted by molar-refractivity contribution is 6.03. The van der Waals surface area contributed by atoms with Crippen LogP contribution in [0.1, 0.15) is 30.9 Å². The number of nitrogens with zero attached hydrogens (tertiary/aromatic N) is 1. The van der Waals surface area contributed by atoms with Gasteiger partial charge in [-0.2, -0.15) is 0 Å². The molecule has 0 fully saturated rings. The average Bonchev–Trinajstić information content (AvgIpc) is 2.53. The molecular weight excluding hydrogens is 292 g/mol. The highest BCUT2D eigenvalue weighted by Crippen LogP contribution is 2.23. The molecule has 118 valence electrons. The van der Waals surface area contributed by atoms with Gasteiger partial charge in [-0.1, -0.05) is 50.2 Å². The fourth-order valence-electron chi connectivity index (χ4n) is 2.08. The molecule has 0 saturated carbocycles. The Bertz CT molecular complexity index is 734. The van der Waals surface area contributed by atoms with Gasteiger partial charge in [-0.15, -0.1) is 0 Å². The summed E-state index contributed by atoms with van der Waals surface area (Å²) in [5.41, 5.74) is 2.18. The summed E-state index contributed by atoms with van der Waals surface area (Å²) in [6.45, 7) is 4.23.